The molecule has 2 aliphatic carbocycles. The second kappa shape index (κ2) is 9.03. The zero-order valence-electron chi connectivity index (χ0n) is 16.7. The molecule has 1 aromatic heterocycles. The smallest absolute Gasteiger partial charge is 0.237 e. The normalized spacial score (nSPS) is 22.6. The molecule has 3 aliphatic rings. The van der Waals surface area contributed by atoms with Gasteiger partial charge in [0, 0.05) is 38.3 Å². The standard InChI is InChI=1S/C22H32N4O2/c27-21(24-16-19-10-3-4-11-23-19)20(17-6-1-2-7-17)25-12-14-26(15-13-25)22(28)18-8-5-9-18/h3-4,10-11,17-18,20H,1-2,5-9,12-16H2,(H,24,27)/t20-/m1/s1. The molecule has 2 amide bonds. The molecule has 3 fully saturated rings. The number of piperazine rings is 1. The Balaban J connectivity index is 1.36. The molecule has 2 heterocycles. The van der Waals surface area contributed by atoms with Crippen LogP contribution in [0.1, 0.15) is 50.6 Å². The summed E-state index contributed by atoms with van der Waals surface area (Å²) >= 11 is 0. The first-order chi connectivity index (χ1) is 13.7. The summed E-state index contributed by atoms with van der Waals surface area (Å²) in [7, 11) is 0. The van der Waals surface area contributed by atoms with Gasteiger partial charge in [-0.05, 0) is 43.7 Å². The molecule has 6 heteroatoms. The summed E-state index contributed by atoms with van der Waals surface area (Å²) < 4.78 is 0. The van der Waals surface area contributed by atoms with E-state index < -0.39 is 0 Å². The first kappa shape index (κ1) is 19.4. The minimum atomic E-state index is -0.0767. The van der Waals surface area contributed by atoms with Gasteiger partial charge in [0.15, 0.2) is 0 Å². The number of carbonyl (C=O) groups is 2. The minimum Gasteiger partial charge on any atom is -0.349 e. The van der Waals surface area contributed by atoms with E-state index in [1.54, 1.807) is 6.20 Å². The second-order valence-electron chi connectivity index (χ2n) is 8.52. The van der Waals surface area contributed by atoms with Crippen LogP contribution in [0.4, 0.5) is 0 Å². The predicted octanol–water partition coefficient (Wildman–Crippen LogP) is 2.20. The van der Waals surface area contributed by atoms with Crippen molar-refractivity contribution in [2.45, 2.75) is 57.5 Å². The largest absolute Gasteiger partial charge is 0.349 e. The van der Waals surface area contributed by atoms with Gasteiger partial charge in [-0.25, -0.2) is 0 Å². The molecule has 1 atom stereocenters. The number of pyridine rings is 1. The van der Waals surface area contributed by atoms with E-state index in [1.807, 2.05) is 23.1 Å². The predicted molar refractivity (Wildman–Crippen MR) is 107 cm³/mol. The number of carbonyl (C=O) groups excluding carboxylic acids is 2. The highest BCUT2D eigenvalue weighted by Crippen LogP contribution is 2.32. The van der Waals surface area contributed by atoms with Gasteiger partial charge < -0.3 is 10.2 Å². The summed E-state index contributed by atoms with van der Waals surface area (Å²) in [6.07, 6.45) is 9.75. The van der Waals surface area contributed by atoms with Crippen LogP contribution in [0.25, 0.3) is 0 Å². The fraction of sp³-hybridized carbons (Fsp3) is 0.682. The molecule has 1 aromatic rings. The van der Waals surface area contributed by atoms with Crippen LogP contribution in [0.15, 0.2) is 24.4 Å². The van der Waals surface area contributed by atoms with Crippen molar-refractivity contribution in [3.8, 4) is 0 Å². The van der Waals surface area contributed by atoms with Crippen LogP contribution in [0.2, 0.25) is 0 Å². The van der Waals surface area contributed by atoms with Gasteiger partial charge in [0.25, 0.3) is 0 Å². The Morgan fingerprint density at radius 2 is 1.79 bits per heavy atom. The van der Waals surface area contributed by atoms with Crippen molar-refractivity contribution in [2.24, 2.45) is 11.8 Å². The molecular weight excluding hydrogens is 352 g/mol. The highest BCUT2D eigenvalue weighted by Gasteiger charge is 2.38. The maximum absolute atomic E-state index is 13.1. The molecule has 1 N–H and O–H groups in total. The average Bonchev–Trinajstić information content (AvgIpc) is 3.21. The molecule has 6 nitrogen and oxygen atoms in total. The topological polar surface area (TPSA) is 65.5 Å². The van der Waals surface area contributed by atoms with Gasteiger partial charge in [-0.3, -0.25) is 19.5 Å². The zero-order valence-corrected chi connectivity index (χ0v) is 16.7. The Kier molecular flexibility index (Phi) is 6.25. The summed E-state index contributed by atoms with van der Waals surface area (Å²) in [6.45, 7) is 3.59. The lowest BCUT2D eigenvalue weighted by molar-refractivity contribution is -0.141. The summed E-state index contributed by atoms with van der Waals surface area (Å²) in [4.78, 5) is 34.3. The first-order valence-electron chi connectivity index (χ1n) is 10.9. The van der Waals surface area contributed by atoms with Crippen LogP contribution < -0.4 is 5.32 Å². The Morgan fingerprint density at radius 3 is 2.39 bits per heavy atom. The van der Waals surface area contributed by atoms with Gasteiger partial charge in [-0.1, -0.05) is 25.3 Å². The summed E-state index contributed by atoms with van der Waals surface area (Å²) in [6, 6.07) is 5.70. The molecule has 152 valence electrons. The van der Waals surface area contributed by atoms with Crippen molar-refractivity contribution >= 4 is 11.8 Å². The van der Waals surface area contributed by atoms with E-state index in [1.165, 1.54) is 19.3 Å². The maximum atomic E-state index is 13.1. The molecule has 2 saturated carbocycles. The van der Waals surface area contributed by atoms with Crippen molar-refractivity contribution in [1.82, 2.24) is 20.1 Å². The molecule has 28 heavy (non-hydrogen) atoms. The minimum absolute atomic E-state index is 0.0767. The Morgan fingerprint density at radius 1 is 1.04 bits per heavy atom. The molecule has 0 bridgehead atoms. The number of hydrogen-bond donors (Lipinski definition) is 1. The quantitative estimate of drug-likeness (QED) is 0.817. The van der Waals surface area contributed by atoms with Gasteiger partial charge in [0.2, 0.25) is 11.8 Å². The van der Waals surface area contributed by atoms with Crippen LogP contribution >= 0.6 is 0 Å². The number of nitrogens with zero attached hydrogens (tertiary/aromatic N) is 3. The number of aromatic nitrogens is 1. The Bertz CT molecular complexity index is 662. The molecule has 0 aromatic carbocycles. The second-order valence-corrected chi connectivity index (χ2v) is 8.52. The van der Waals surface area contributed by atoms with Gasteiger partial charge in [-0.15, -0.1) is 0 Å². The highest BCUT2D eigenvalue weighted by atomic mass is 16.2. The number of rotatable bonds is 6. The molecular formula is C22H32N4O2. The lowest BCUT2D eigenvalue weighted by atomic mass is 9.84. The van der Waals surface area contributed by atoms with E-state index in [2.05, 4.69) is 15.2 Å². The highest BCUT2D eigenvalue weighted by molar-refractivity contribution is 5.82. The maximum Gasteiger partial charge on any atom is 0.237 e. The van der Waals surface area contributed by atoms with Crippen LogP contribution in [0, 0.1) is 11.8 Å². The fourth-order valence-corrected chi connectivity index (χ4v) is 4.87. The van der Waals surface area contributed by atoms with Crippen LogP contribution in [-0.4, -0.2) is 58.8 Å². The van der Waals surface area contributed by atoms with Gasteiger partial charge in [0.05, 0.1) is 18.3 Å². The lowest BCUT2D eigenvalue weighted by Gasteiger charge is -2.42. The number of amides is 2. The van der Waals surface area contributed by atoms with Crippen molar-refractivity contribution in [1.29, 1.82) is 0 Å². The number of hydrogen-bond acceptors (Lipinski definition) is 4. The molecule has 1 aliphatic heterocycles. The van der Waals surface area contributed by atoms with Crippen LogP contribution in [-0.2, 0) is 16.1 Å². The first-order valence-corrected chi connectivity index (χ1v) is 10.9. The summed E-state index contributed by atoms with van der Waals surface area (Å²) in [5.74, 6) is 1.15. The average molecular weight is 385 g/mol. The summed E-state index contributed by atoms with van der Waals surface area (Å²) in [5.41, 5.74) is 0.886. The Labute approximate surface area is 167 Å². The van der Waals surface area contributed by atoms with Crippen molar-refractivity contribution in [3.05, 3.63) is 30.1 Å². The lowest BCUT2D eigenvalue weighted by Crippen LogP contribution is -2.58. The molecule has 0 radical (unpaired) electrons. The van der Waals surface area contributed by atoms with Crippen LogP contribution in [0.5, 0.6) is 0 Å². The van der Waals surface area contributed by atoms with Gasteiger partial charge in [-0.2, -0.15) is 0 Å². The van der Waals surface area contributed by atoms with Crippen LogP contribution in [0.3, 0.4) is 0 Å². The van der Waals surface area contributed by atoms with E-state index in [0.717, 1.165) is 57.6 Å². The molecule has 0 unspecified atom stereocenters. The van der Waals surface area contributed by atoms with Gasteiger partial charge >= 0.3 is 0 Å². The third-order valence-corrected chi connectivity index (χ3v) is 6.76. The monoisotopic (exact) mass is 384 g/mol. The van der Waals surface area contributed by atoms with E-state index in [-0.39, 0.29) is 17.9 Å². The molecule has 0 spiro atoms. The van der Waals surface area contributed by atoms with E-state index in [0.29, 0.717) is 18.4 Å². The zero-order chi connectivity index (χ0) is 19.3. The third kappa shape index (κ3) is 4.37. The Hall–Kier alpha value is -1.95. The van der Waals surface area contributed by atoms with Crippen molar-refractivity contribution < 1.29 is 9.59 Å². The van der Waals surface area contributed by atoms with Crippen molar-refractivity contribution in [3.63, 3.8) is 0 Å². The SMILES string of the molecule is O=C(NCc1ccccn1)[C@@H](C1CCCC1)N1CCN(C(=O)C2CCC2)CC1. The fourth-order valence-electron chi connectivity index (χ4n) is 4.87. The number of nitrogens with one attached hydrogen (secondary N) is 1. The third-order valence-electron chi connectivity index (χ3n) is 6.76. The molecule has 1 saturated heterocycles. The van der Waals surface area contributed by atoms with E-state index in [4.69, 9.17) is 0 Å². The van der Waals surface area contributed by atoms with Gasteiger partial charge in [0.1, 0.15) is 0 Å². The van der Waals surface area contributed by atoms with E-state index >= 15 is 0 Å². The molecule has 4 rings (SSSR count). The van der Waals surface area contributed by atoms with Crippen molar-refractivity contribution in [2.75, 3.05) is 26.2 Å². The van der Waals surface area contributed by atoms with E-state index in [9.17, 15) is 9.59 Å². The summed E-state index contributed by atoms with van der Waals surface area (Å²) in [5, 5.41) is 3.12.